The zero-order valence-corrected chi connectivity index (χ0v) is 23.4. The molecular weight excluding hydrogens is 558 g/mol. The number of hydrogen-bond donors (Lipinski definition) is 1. The van der Waals surface area contributed by atoms with Crippen molar-refractivity contribution in [2.24, 2.45) is 0 Å². The molecule has 2 rings (SSSR count). The average Bonchev–Trinajstić information content (AvgIpc) is 2.80. The molecule has 0 unspecified atom stereocenters. The zero-order chi connectivity index (χ0) is 26.2. The second kappa shape index (κ2) is 13.1. The molecule has 0 radical (unpaired) electrons. The smallest absolute Gasteiger partial charge is 0.244 e. The highest BCUT2D eigenvalue weighted by molar-refractivity contribution is 9.10. The van der Waals surface area contributed by atoms with Gasteiger partial charge in [0.05, 0.1) is 19.1 Å². The lowest BCUT2D eigenvalue weighted by Crippen LogP contribution is -2.51. The molecule has 0 aliphatic heterocycles. The molecule has 0 heterocycles. The van der Waals surface area contributed by atoms with Crippen LogP contribution in [0.5, 0.6) is 5.75 Å². The minimum atomic E-state index is -3.90. The molecule has 2 aromatic carbocycles. The average molecular weight is 589 g/mol. The molecule has 0 aliphatic rings. The molecule has 0 aliphatic carbocycles. The molecule has 2 amide bonds. The quantitative estimate of drug-likeness (QED) is 0.375. The number of amides is 2. The largest absolute Gasteiger partial charge is 0.495 e. The second-order valence-electron chi connectivity index (χ2n) is 8.05. The van der Waals surface area contributed by atoms with Gasteiger partial charge >= 0.3 is 0 Å². The van der Waals surface area contributed by atoms with Crippen LogP contribution in [0, 0.1) is 0 Å². The molecule has 0 spiro atoms. The summed E-state index contributed by atoms with van der Waals surface area (Å²) in [5.41, 5.74) is 0.931. The van der Waals surface area contributed by atoms with Gasteiger partial charge in [-0.15, -0.1) is 0 Å². The molecule has 0 aromatic heterocycles. The molecule has 2 aromatic rings. The van der Waals surface area contributed by atoms with Gasteiger partial charge in [0, 0.05) is 22.6 Å². The Kier molecular flexibility index (Phi) is 10.9. The lowest BCUT2D eigenvalue weighted by atomic mass is 10.1. The molecule has 0 bridgehead atoms. The van der Waals surface area contributed by atoms with Gasteiger partial charge in [-0.05, 0) is 49.2 Å². The van der Waals surface area contributed by atoms with E-state index in [0.717, 1.165) is 33.4 Å². The lowest BCUT2D eigenvalue weighted by molar-refractivity contribution is -0.139. The Labute approximate surface area is 220 Å². The maximum absolute atomic E-state index is 13.6. The van der Waals surface area contributed by atoms with Crippen molar-refractivity contribution in [1.29, 1.82) is 0 Å². The SMILES string of the molecule is CCCCNC(=O)[C@@H](C)N(Cc1ccc(Br)cc1)C(=O)CN(c1cc(Cl)ccc1OC)S(C)(=O)=O. The van der Waals surface area contributed by atoms with Gasteiger partial charge in [-0.2, -0.15) is 0 Å². The summed E-state index contributed by atoms with van der Waals surface area (Å²) >= 11 is 9.50. The lowest BCUT2D eigenvalue weighted by Gasteiger charge is -2.32. The number of carbonyl (C=O) groups is 2. The summed E-state index contributed by atoms with van der Waals surface area (Å²) in [6.45, 7) is 3.73. The van der Waals surface area contributed by atoms with E-state index in [1.54, 1.807) is 13.0 Å². The number of ether oxygens (including phenoxy) is 1. The summed E-state index contributed by atoms with van der Waals surface area (Å²) in [4.78, 5) is 27.8. The number of nitrogens with zero attached hydrogens (tertiary/aromatic N) is 2. The van der Waals surface area contributed by atoms with E-state index in [9.17, 15) is 18.0 Å². The minimum absolute atomic E-state index is 0.124. The third-order valence-corrected chi connectivity index (χ3v) is 7.24. The van der Waals surface area contributed by atoms with Crippen LogP contribution in [0.2, 0.25) is 5.02 Å². The van der Waals surface area contributed by atoms with Gasteiger partial charge in [0.15, 0.2) is 0 Å². The molecule has 0 fully saturated rings. The van der Waals surface area contributed by atoms with Gasteiger partial charge in [0.25, 0.3) is 0 Å². The third-order valence-electron chi connectivity index (χ3n) is 5.35. The minimum Gasteiger partial charge on any atom is -0.495 e. The highest BCUT2D eigenvalue weighted by Crippen LogP contribution is 2.33. The van der Waals surface area contributed by atoms with Gasteiger partial charge < -0.3 is 15.0 Å². The molecule has 8 nitrogen and oxygen atoms in total. The summed E-state index contributed by atoms with van der Waals surface area (Å²) in [5, 5.41) is 3.13. The number of anilines is 1. The normalized spacial score (nSPS) is 12.1. The monoisotopic (exact) mass is 587 g/mol. The topological polar surface area (TPSA) is 96.0 Å². The molecule has 11 heteroatoms. The fourth-order valence-electron chi connectivity index (χ4n) is 3.36. The van der Waals surface area contributed by atoms with Crippen LogP contribution in [0.4, 0.5) is 5.69 Å². The fraction of sp³-hybridized carbons (Fsp3) is 0.417. The summed E-state index contributed by atoms with van der Waals surface area (Å²) < 4.78 is 32.6. The zero-order valence-electron chi connectivity index (χ0n) is 20.3. The first kappa shape index (κ1) is 28.9. The molecule has 0 saturated carbocycles. The Bertz CT molecular complexity index is 1130. The number of unbranched alkanes of at least 4 members (excludes halogenated alkanes) is 1. The van der Waals surface area contributed by atoms with Crippen LogP contribution in [-0.4, -0.2) is 57.6 Å². The Morgan fingerprint density at radius 1 is 1.17 bits per heavy atom. The molecule has 1 N–H and O–H groups in total. The van der Waals surface area contributed by atoms with Crippen molar-refractivity contribution in [1.82, 2.24) is 10.2 Å². The van der Waals surface area contributed by atoms with Gasteiger partial charge in [-0.1, -0.05) is 53.0 Å². The maximum Gasteiger partial charge on any atom is 0.244 e. The number of sulfonamides is 1. The van der Waals surface area contributed by atoms with E-state index in [-0.39, 0.29) is 28.9 Å². The summed E-state index contributed by atoms with van der Waals surface area (Å²) in [5.74, 6) is -0.605. The first-order chi connectivity index (χ1) is 16.5. The first-order valence-electron chi connectivity index (χ1n) is 11.1. The van der Waals surface area contributed by atoms with Gasteiger partial charge in [-0.25, -0.2) is 8.42 Å². The Hall–Kier alpha value is -2.30. The molecule has 0 saturated heterocycles. The van der Waals surface area contributed by atoms with E-state index >= 15 is 0 Å². The van der Waals surface area contributed by atoms with E-state index in [1.165, 1.54) is 24.1 Å². The molecule has 192 valence electrons. The Morgan fingerprint density at radius 3 is 2.40 bits per heavy atom. The Balaban J connectivity index is 2.41. The van der Waals surface area contributed by atoms with Crippen molar-refractivity contribution in [3.05, 3.63) is 57.5 Å². The summed E-state index contributed by atoms with van der Waals surface area (Å²) in [6.07, 6.45) is 2.73. The number of benzene rings is 2. The summed E-state index contributed by atoms with van der Waals surface area (Å²) in [6, 6.07) is 11.0. The van der Waals surface area contributed by atoms with Crippen LogP contribution in [0.25, 0.3) is 0 Å². The van der Waals surface area contributed by atoms with Gasteiger partial charge in [0.1, 0.15) is 18.3 Å². The molecular formula is C24H31BrClN3O5S. The predicted octanol–water partition coefficient (Wildman–Crippen LogP) is 4.21. The van der Waals surface area contributed by atoms with Crippen molar-refractivity contribution < 1.29 is 22.7 Å². The van der Waals surface area contributed by atoms with Crippen LogP contribution < -0.4 is 14.4 Å². The maximum atomic E-state index is 13.6. The fourth-order valence-corrected chi connectivity index (χ4v) is 4.63. The highest BCUT2D eigenvalue weighted by Gasteiger charge is 2.31. The summed E-state index contributed by atoms with van der Waals surface area (Å²) in [7, 11) is -2.50. The van der Waals surface area contributed by atoms with E-state index in [1.807, 2.05) is 31.2 Å². The highest BCUT2D eigenvalue weighted by atomic mass is 79.9. The van der Waals surface area contributed by atoms with Crippen LogP contribution in [0.15, 0.2) is 46.9 Å². The van der Waals surface area contributed by atoms with Crippen molar-refractivity contribution in [2.75, 3.05) is 30.8 Å². The van der Waals surface area contributed by atoms with E-state index in [4.69, 9.17) is 16.3 Å². The number of rotatable bonds is 12. The van der Waals surface area contributed by atoms with Crippen molar-refractivity contribution >= 4 is 55.1 Å². The van der Waals surface area contributed by atoms with Gasteiger partial charge in [-0.3, -0.25) is 13.9 Å². The van der Waals surface area contributed by atoms with E-state index in [0.29, 0.717) is 6.54 Å². The number of nitrogens with one attached hydrogen (secondary N) is 1. The van der Waals surface area contributed by atoms with Crippen LogP contribution in [-0.2, 0) is 26.2 Å². The Morgan fingerprint density at radius 2 is 1.83 bits per heavy atom. The standard InChI is InChI=1S/C24H31BrClN3O5S/c1-5-6-13-27-24(31)17(2)28(15-18-7-9-19(25)10-8-18)23(30)16-29(35(4,32)33)21-14-20(26)11-12-22(21)34-3/h7-12,14,17H,5-6,13,15-16H2,1-4H3,(H,27,31)/t17-/m1/s1. The molecule has 1 atom stereocenters. The number of carbonyl (C=O) groups excluding carboxylic acids is 2. The number of halogens is 2. The van der Waals surface area contributed by atoms with Gasteiger partial charge in [0.2, 0.25) is 21.8 Å². The number of hydrogen-bond acceptors (Lipinski definition) is 5. The van der Waals surface area contributed by atoms with Crippen LogP contribution in [0.1, 0.15) is 32.3 Å². The van der Waals surface area contributed by atoms with E-state index in [2.05, 4.69) is 21.2 Å². The predicted molar refractivity (Wildman–Crippen MR) is 142 cm³/mol. The second-order valence-corrected chi connectivity index (χ2v) is 11.3. The molecule has 35 heavy (non-hydrogen) atoms. The van der Waals surface area contributed by atoms with Crippen molar-refractivity contribution in [3.8, 4) is 5.75 Å². The van der Waals surface area contributed by atoms with Crippen molar-refractivity contribution in [2.45, 2.75) is 39.3 Å². The van der Waals surface area contributed by atoms with Crippen molar-refractivity contribution in [3.63, 3.8) is 0 Å². The van der Waals surface area contributed by atoms with E-state index < -0.39 is 28.5 Å². The number of methoxy groups -OCH3 is 1. The third kappa shape index (κ3) is 8.40. The van der Waals surface area contributed by atoms with Crippen LogP contribution in [0.3, 0.4) is 0 Å². The van der Waals surface area contributed by atoms with Crippen LogP contribution >= 0.6 is 27.5 Å². The first-order valence-corrected chi connectivity index (χ1v) is 14.1.